The van der Waals surface area contributed by atoms with Crippen LogP contribution < -0.4 is 5.32 Å². The molecule has 0 aromatic rings. The first-order valence-corrected chi connectivity index (χ1v) is 5.49. The number of nitrogens with one attached hydrogen (secondary N) is 1. The van der Waals surface area contributed by atoms with Gasteiger partial charge in [-0.3, -0.25) is 5.32 Å². The third-order valence-electron chi connectivity index (χ3n) is 3.21. The SMILES string of the molecule is CCC(C)C1CNCOC1C(C)C. The monoisotopic (exact) mass is 185 g/mol. The highest BCUT2D eigenvalue weighted by Crippen LogP contribution is 2.27. The highest BCUT2D eigenvalue weighted by atomic mass is 16.5. The van der Waals surface area contributed by atoms with E-state index in [0.717, 1.165) is 19.2 Å². The van der Waals surface area contributed by atoms with Gasteiger partial charge in [0.05, 0.1) is 12.8 Å². The topological polar surface area (TPSA) is 21.3 Å². The van der Waals surface area contributed by atoms with Crippen LogP contribution in [0.4, 0.5) is 0 Å². The third kappa shape index (κ3) is 2.68. The zero-order valence-electron chi connectivity index (χ0n) is 9.34. The van der Waals surface area contributed by atoms with Gasteiger partial charge >= 0.3 is 0 Å². The Bertz CT molecular complexity index is 147. The maximum atomic E-state index is 5.76. The second-order valence-electron chi connectivity index (χ2n) is 4.52. The molecule has 3 unspecified atom stereocenters. The van der Waals surface area contributed by atoms with E-state index in [1.54, 1.807) is 0 Å². The molecule has 0 spiro atoms. The Hall–Kier alpha value is -0.0800. The van der Waals surface area contributed by atoms with Gasteiger partial charge < -0.3 is 4.74 Å². The molecule has 0 aromatic carbocycles. The molecular formula is C11H23NO. The first-order chi connectivity index (χ1) is 6.16. The van der Waals surface area contributed by atoms with Crippen LogP contribution in [0.5, 0.6) is 0 Å². The summed E-state index contributed by atoms with van der Waals surface area (Å²) >= 11 is 0. The Kier molecular flexibility index (Phi) is 4.20. The van der Waals surface area contributed by atoms with Gasteiger partial charge in [-0.25, -0.2) is 0 Å². The van der Waals surface area contributed by atoms with Crippen molar-refractivity contribution >= 4 is 0 Å². The number of hydrogen-bond donors (Lipinski definition) is 1. The van der Waals surface area contributed by atoms with Crippen LogP contribution in [0, 0.1) is 17.8 Å². The normalized spacial score (nSPS) is 32.1. The average Bonchev–Trinajstić information content (AvgIpc) is 2.16. The van der Waals surface area contributed by atoms with E-state index in [1.807, 2.05) is 0 Å². The van der Waals surface area contributed by atoms with Gasteiger partial charge in [-0.05, 0) is 11.8 Å². The Morgan fingerprint density at radius 1 is 1.38 bits per heavy atom. The highest BCUT2D eigenvalue weighted by Gasteiger charge is 2.31. The maximum Gasteiger partial charge on any atom is 0.0969 e. The zero-order chi connectivity index (χ0) is 9.84. The lowest BCUT2D eigenvalue weighted by molar-refractivity contribution is -0.0730. The van der Waals surface area contributed by atoms with Gasteiger partial charge in [0.25, 0.3) is 0 Å². The molecule has 1 saturated heterocycles. The van der Waals surface area contributed by atoms with E-state index in [-0.39, 0.29) is 0 Å². The molecule has 1 aliphatic rings. The summed E-state index contributed by atoms with van der Waals surface area (Å²) in [4.78, 5) is 0. The molecule has 0 amide bonds. The first kappa shape index (κ1) is 11.0. The Morgan fingerprint density at radius 3 is 2.62 bits per heavy atom. The summed E-state index contributed by atoms with van der Waals surface area (Å²) < 4.78 is 5.76. The van der Waals surface area contributed by atoms with Crippen LogP contribution in [0.2, 0.25) is 0 Å². The van der Waals surface area contributed by atoms with Crippen molar-refractivity contribution < 1.29 is 4.74 Å². The smallest absolute Gasteiger partial charge is 0.0969 e. The second-order valence-corrected chi connectivity index (χ2v) is 4.52. The third-order valence-corrected chi connectivity index (χ3v) is 3.21. The minimum Gasteiger partial charge on any atom is -0.362 e. The van der Waals surface area contributed by atoms with Gasteiger partial charge in [-0.2, -0.15) is 0 Å². The largest absolute Gasteiger partial charge is 0.362 e. The van der Waals surface area contributed by atoms with Crippen molar-refractivity contribution in [3.63, 3.8) is 0 Å². The molecule has 1 fully saturated rings. The van der Waals surface area contributed by atoms with Crippen LogP contribution in [0.25, 0.3) is 0 Å². The van der Waals surface area contributed by atoms with Crippen molar-refractivity contribution in [3.8, 4) is 0 Å². The fourth-order valence-corrected chi connectivity index (χ4v) is 2.14. The summed E-state index contributed by atoms with van der Waals surface area (Å²) in [6, 6.07) is 0. The van der Waals surface area contributed by atoms with Crippen LogP contribution in [0.1, 0.15) is 34.1 Å². The predicted octanol–water partition coefficient (Wildman–Crippen LogP) is 2.25. The van der Waals surface area contributed by atoms with E-state index in [2.05, 4.69) is 33.0 Å². The number of rotatable bonds is 3. The summed E-state index contributed by atoms with van der Waals surface area (Å²) in [5.74, 6) is 2.10. The molecule has 1 N–H and O–H groups in total. The molecule has 1 aliphatic heterocycles. The molecule has 0 bridgehead atoms. The summed E-state index contributed by atoms with van der Waals surface area (Å²) in [5, 5.41) is 3.31. The van der Waals surface area contributed by atoms with Crippen molar-refractivity contribution in [1.29, 1.82) is 0 Å². The van der Waals surface area contributed by atoms with E-state index in [4.69, 9.17) is 4.74 Å². The van der Waals surface area contributed by atoms with E-state index >= 15 is 0 Å². The number of hydrogen-bond acceptors (Lipinski definition) is 2. The lowest BCUT2D eigenvalue weighted by atomic mass is 9.82. The number of ether oxygens (including phenoxy) is 1. The van der Waals surface area contributed by atoms with Crippen molar-refractivity contribution in [2.24, 2.45) is 17.8 Å². The van der Waals surface area contributed by atoms with Crippen molar-refractivity contribution in [2.75, 3.05) is 13.3 Å². The molecule has 2 heteroatoms. The van der Waals surface area contributed by atoms with Gasteiger partial charge in [-0.15, -0.1) is 0 Å². The van der Waals surface area contributed by atoms with Gasteiger partial charge in [-0.1, -0.05) is 34.1 Å². The van der Waals surface area contributed by atoms with Crippen molar-refractivity contribution in [2.45, 2.75) is 40.2 Å². The zero-order valence-corrected chi connectivity index (χ0v) is 9.34. The Balaban J connectivity index is 2.56. The second kappa shape index (κ2) is 4.97. The molecule has 0 radical (unpaired) electrons. The average molecular weight is 185 g/mol. The molecule has 0 aromatic heterocycles. The fourth-order valence-electron chi connectivity index (χ4n) is 2.14. The summed E-state index contributed by atoms with van der Waals surface area (Å²) in [7, 11) is 0. The molecule has 3 atom stereocenters. The van der Waals surface area contributed by atoms with Gasteiger partial charge in [0.2, 0.25) is 0 Å². The molecular weight excluding hydrogens is 162 g/mol. The molecule has 0 saturated carbocycles. The lowest BCUT2D eigenvalue weighted by Crippen LogP contribution is -2.47. The van der Waals surface area contributed by atoms with E-state index < -0.39 is 0 Å². The molecule has 78 valence electrons. The van der Waals surface area contributed by atoms with E-state index in [1.165, 1.54) is 6.42 Å². The Labute approximate surface area is 82.0 Å². The minimum atomic E-state index is 0.455. The van der Waals surface area contributed by atoms with E-state index in [9.17, 15) is 0 Å². The molecule has 1 heterocycles. The van der Waals surface area contributed by atoms with Crippen LogP contribution in [-0.4, -0.2) is 19.4 Å². The predicted molar refractivity (Wildman–Crippen MR) is 55.5 cm³/mol. The Morgan fingerprint density at radius 2 is 2.08 bits per heavy atom. The quantitative estimate of drug-likeness (QED) is 0.728. The molecule has 2 nitrogen and oxygen atoms in total. The molecule has 13 heavy (non-hydrogen) atoms. The van der Waals surface area contributed by atoms with Gasteiger partial charge in [0.15, 0.2) is 0 Å². The highest BCUT2D eigenvalue weighted by molar-refractivity contribution is 4.81. The summed E-state index contributed by atoms with van der Waals surface area (Å²) in [6.45, 7) is 11.0. The van der Waals surface area contributed by atoms with Crippen molar-refractivity contribution in [3.05, 3.63) is 0 Å². The minimum absolute atomic E-state index is 0.455. The maximum absolute atomic E-state index is 5.76. The summed E-state index contributed by atoms with van der Waals surface area (Å²) in [6.07, 6.45) is 1.70. The standard InChI is InChI=1S/C11H23NO/c1-5-9(4)10-6-12-7-13-11(10)8(2)3/h8-12H,5-7H2,1-4H3. The van der Waals surface area contributed by atoms with Crippen LogP contribution in [0.3, 0.4) is 0 Å². The van der Waals surface area contributed by atoms with Crippen LogP contribution >= 0.6 is 0 Å². The van der Waals surface area contributed by atoms with Gasteiger partial charge in [0.1, 0.15) is 0 Å². The van der Waals surface area contributed by atoms with Crippen LogP contribution in [0.15, 0.2) is 0 Å². The molecule has 0 aliphatic carbocycles. The lowest BCUT2D eigenvalue weighted by Gasteiger charge is -2.38. The molecule has 1 rings (SSSR count). The first-order valence-electron chi connectivity index (χ1n) is 5.49. The van der Waals surface area contributed by atoms with Crippen molar-refractivity contribution in [1.82, 2.24) is 5.32 Å². The van der Waals surface area contributed by atoms with Crippen LogP contribution in [-0.2, 0) is 4.74 Å². The summed E-state index contributed by atoms with van der Waals surface area (Å²) in [5.41, 5.74) is 0. The van der Waals surface area contributed by atoms with Gasteiger partial charge in [0, 0.05) is 12.5 Å². The fraction of sp³-hybridized carbons (Fsp3) is 1.00. The van der Waals surface area contributed by atoms with E-state index in [0.29, 0.717) is 17.9 Å².